The molecule has 0 bridgehead atoms. The van der Waals surface area contributed by atoms with Gasteiger partial charge in [-0.15, -0.1) is 0 Å². The summed E-state index contributed by atoms with van der Waals surface area (Å²) in [6.45, 7) is 2.08. The van der Waals surface area contributed by atoms with Crippen LogP contribution < -0.4 is 0 Å². The molecule has 0 radical (unpaired) electrons. The normalized spacial score (nSPS) is 10.1. The maximum absolute atomic E-state index is 2.41. The summed E-state index contributed by atoms with van der Waals surface area (Å²) >= 11 is -1.28. The zero-order valence-corrected chi connectivity index (χ0v) is 12.8. The summed E-state index contributed by atoms with van der Waals surface area (Å²) in [5.41, 5.74) is 1.32. The fourth-order valence-electron chi connectivity index (χ4n) is 0.534. The molecule has 0 spiro atoms. The zero-order valence-electron chi connectivity index (χ0n) is 8.89. The number of aryl methyl sites for hydroxylation is 1. The molecule has 1 heteroatoms. The maximum atomic E-state index is 2.41. The van der Waals surface area contributed by atoms with Crippen LogP contribution in [0.2, 0.25) is 17.9 Å². The first kappa shape index (κ1) is 12.1. The third-order valence-corrected chi connectivity index (χ3v) is 0.940. The van der Waals surface area contributed by atoms with Crippen molar-refractivity contribution in [3.63, 3.8) is 0 Å². The molecule has 1 aromatic rings. The zero-order chi connectivity index (χ0) is 9.61. The Labute approximate surface area is 81.7 Å². The Hall–Kier alpha value is 0.142. The van der Waals surface area contributed by atoms with Crippen LogP contribution in [0.25, 0.3) is 0 Å². The Balaban J connectivity index is 0.000000217. The SMILES string of the molecule is Cc1ccccc1.[CH3][Pb]([CH3])([CH3])[CH3]. The second-order valence-corrected chi connectivity index (χ2v) is 28.0. The molecular weight excluding hydrogens is 339 g/mol. The Morgan fingerprint density at radius 1 is 0.833 bits per heavy atom. The molecular formula is C11H20Pb. The predicted molar refractivity (Wildman–Crippen MR) is 60.4 cm³/mol. The van der Waals surface area contributed by atoms with Gasteiger partial charge in [0.15, 0.2) is 0 Å². The third-order valence-electron chi connectivity index (χ3n) is 0.940. The summed E-state index contributed by atoms with van der Waals surface area (Å²) in [5, 5.41) is 0. The van der Waals surface area contributed by atoms with Crippen LogP contribution in [0, 0.1) is 6.92 Å². The summed E-state index contributed by atoms with van der Waals surface area (Å²) < 4.78 is 9.64. The molecule has 0 aliphatic carbocycles. The van der Waals surface area contributed by atoms with Gasteiger partial charge in [-0.1, -0.05) is 35.9 Å². The van der Waals surface area contributed by atoms with E-state index in [1.54, 1.807) is 0 Å². The van der Waals surface area contributed by atoms with E-state index in [4.69, 9.17) is 0 Å². The van der Waals surface area contributed by atoms with Crippen LogP contribution in [0.4, 0.5) is 0 Å². The van der Waals surface area contributed by atoms with Crippen molar-refractivity contribution in [2.75, 3.05) is 0 Å². The first-order valence-corrected chi connectivity index (χ1v) is 20.0. The summed E-state index contributed by atoms with van der Waals surface area (Å²) in [5.74, 6) is 0. The Bertz CT molecular complexity index is 190. The van der Waals surface area contributed by atoms with Crippen LogP contribution in [-0.2, 0) is 0 Å². The van der Waals surface area contributed by atoms with Gasteiger partial charge >= 0.3 is 39.1 Å². The third kappa shape index (κ3) is 12.8. The predicted octanol–water partition coefficient (Wildman–Crippen LogP) is 3.95. The summed E-state index contributed by atoms with van der Waals surface area (Å²) in [6.07, 6.45) is 0. The van der Waals surface area contributed by atoms with E-state index in [1.165, 1.54) is 5.56 Å². The Morgan fingerprint density at radius 2 is 1.17 bits per heavy atom. The van der Waals surface area contributed by atoms with E-state index >= 15 is 0 Å². The van der Waals surface area contributed by atoms with Crippen LogP contribution in [0.15, 0.2) is 30.3 Å². The minimum atomic E-state index is -1.28. The second-order valence-electron chi connectivity index (χ2n) is 4.65. The average molecular weight is 359 g/mol. The molecule has 12 heavy (non-hydrogen) atoms. The van der Waals surface area contributed by atoms with Gasteiger partial charge in [0.05, 0.1) is 0 Å². The Morgan fingerprint density at radius 3 is 1.33 bits per heavy atom. The van der Waals surface area contributed by atoms with Crippen LogP contribution in [0.3, 0.4) is 0 Å². The monoisotopic (exact) mass is 360 g/mol. The molecule has 0 saturated heterocycles. The van der Waals surface area contributed by atoms with Crippen molar-refractivity contribution in [3.8, 4) is 0 Å². The van der Waals surface area contributed by atoms with E-state index < -0.39 is 21.2 Å². The summed E-state index contributed by atoms with van der Waals surface area (Å²) in [4.78, 5) is 0. The van der Waals surface area contributed by atoms with E-state index in [0.29, 0.717) is 0 Å². The molecule has 0 atom stereocenters. The van der Waals surface area contributed by atoms with Crippen LogP contribution in [-0.4, -0.2) is 21.2 Å². The van der Waals surface area contributed by atoms with Gasteiger partial charge in [-0.3, -0.25) is 0 Å². The van der Waals surface area contributed by atoms with E-state index in [-0.39, 0.29) is 0 Å². The Kier molecular flexibility index (Phi) is 5.80. The topological polar surface area (TPSA) is 0 Å². The molecule has 0 aliphatic heterocycles. The standard InChI is InChI=1S/C7H8.4CH3.Pb/c1-7-5-3-2-4-6-7;;;;;/h2-6H,1H3;4*1H3;. The fraction of sp³-hybridized carbons (Fsp3) is 0.455. The van der Waals surface area contributed by atoms with Crippen LogP contribution in [0.5, 0.6) is 0 Å². The molecule has 68 valence electrons. The van der Waals surface area contributed by atoms with Crippen molar-refractivity contribution in [3.05, 3.63) is 35.9 Å². The van der Waals surface area contributed by atoms with Crippen molar-refractivity contribution in [1.29, 1.82) is 0 Å². The molecule has 0 aromatic heterocycles. The van der Waals surface area contributed by atoms with Gasteiger partial charge in [-0.2, -0.15) is 0 Å². The van der Waals surface area contributed by atoms with Gasteiger partial charge in [0.1, 0.15) is 0 Å². The first-order valence-electron chi connectivity index (χ1n) is 4.41. The molecule has 0 nitrogen and oxygen atoms in total. The molecule has 0 fully saturated rings. The molecule has 0 heterocycles. The number of hydrogen-bond acceptors (Lipinski definition) is 0. The molecule has 0 aliphatic rings. The number of hydrogen-bond donors (Lipinski definition) is 0. The molecule has 0 N–H and O–H groups in total. The van der Waals surface area contributed by atoms with E-state index in [1.807, 2.05) is 18.2 Å². The summed E-state index contributed by atoms with van der Waals surface area (Å²) in [6, 6.07) is 10.3. The van der Waals surface area contributed by atoms with Crippen LogP contribution >= 0.6 is 0 Å². The van der Waals surface area contributed by atoms with Gasteiger partial charge in [-0.25, -0.2) is 0 Å². The number of benzene rings is 1. The van der Waals surface area contributed by atoms with E-state index in [2.05, 4.69) is 37.0 Å². The van der Waals surface area contributed by atoms with Gasteiger partial charge < -0.3 is 0 Å². The molecule has 1 rings (SSSR count). The van der Waals surface area contributed by atoms with Gasteiger partial charge in [-0.05, 0) is 6.92 Å². The molecule has 0 saturated carbocycles. The van der Waals surface area contributed by atoms with Crippen molar-refractivity contribution in [2.45, 2.75) is 24.9 Å². The van der Waals surface area contributed by atoms with E-state index in [9.17, 15) is 0 Å². The quantitative estimate of drug-likeness (QED) is 0.616. The van der Waals surface area contributed by atoms with Gasteiger partial charge in [0.2, 0.25) is 0 Å². The minimum absolute atomic E-state index is 1.28. The van der Waals surface area contributed by atoms with Crippen molar-refractivity contribution in [2.24, 2.45) is 0 Å². The van der Waals surface area contributed by atoms with Crippen molar-refractivity contribution in [1.82, 2.24) is 0 Å². The fourth-order valence-corrected chi connectivity index (χ4v) is 0.534. The van der Waals surface area contributed by atoms with Gasteiger partial charge in [0, 0.05) is 0 Å². The second kappa shape index (κ2) is 5.73. The summed E-state index contributed by atoms with van der Waals surface area (Å²) in [7, 11) is 0. The molecule has 0 unspecified atom stereocenters. The van der Waals surface area contributed by atoms with Crippen molar-refractivity contribution < 1.29 is 0 Å². The van der Waals surface area contributed by atoms with Crippen molar-refractivity contribution >= 4 is 21.2 Å². The van der Waals surface area contributed by atoms with Gasteiger partial charge in [0.25, 0.3) is 0 Å². The first-order chi connectivity index (χ1) is 5.39. The van der Waals surface area contributed by atoms with Crippen LogP contribution in [0.1, 0.15) is 5.56 Å². The number of rotatable bonds is 0. The molecule has 0 amide bonds. The average Bonchev–Trinajstić information content (AvgIpc) is 1.85. The van der Waals surface area contributed by atoms with E-state index in [0.717, 1.165) is 0 Å². The molecule has 1 aromatic carbocycles.